The lowest BCUT2D eigenvalue weighted by atomic mass is 9.83. The molecule has 0 aromatic rings. The quantitative estimate of drug-likeness (QED) is 0.750. The van der Waals surface area contributed by atoms with E-state index in [0.29, 0.717) is 24.9 Å². The summed E-state index contributed by atoms with van der Waals surface area (Å²) >= 11 is 0. The summed E-state index contributed by atoms with van der Waals surface area (Å²) in [6.07, 6.45) is 7.83. The van der Waals surface area contributed by atoms with E-state index in [-0.39, 0.29) is 12.0 Å². The second kappa shape index (κ2) is 5.85. The fraction of sp³-hybridized carbons (Fsp3) is 0.929. The van der Waals surface area contributed by atoms with Crippen LogP contribution < -0.4 is 5.73 Å². The Morgan fingerprint density at radius 2 is 2.12 bits per heavy atom. The van der Waals surface area contributed by atoms with E-state index in [9.17, 15) is 4.79 Å². The van der Waals surface area contributed by atoms with E-state index in [2.05, 4.69) is 6.92 Å². The standard InChI is InChI=1S/C14H25NO2/c1-10-3-2-4-11(7-10)9-17-14(16)8-13(15)12-5-6-12/h10-13H,2-9,15H2,1H3. The van der Waals surface area contributed by atoms with Crippen LogP contribution in [-0.4, -0.2) is 18.6 Å². The number of rotatable bonds is 5. The topological polar surface area (TPSA) is 52.3 Å². The third-order valence-corrected chi connectivity index (χ3v) is 4.15. The lowest BCUT2D eigenvalue weighted by Crippen LogP contribution is -2.28. The van der Waals surface area contributed by atoms with Gasteiger partial charge in [0, 0.05) is 6.04 Å². The predicted octanol–water partition coefficient (Wildman–Crippen LogP) is 2.48. The van der Waals surface area contributed by atoms with Crippen molar-refractivity contribution < 1.29 is 9.53 Å². The van der Waals surface area contributed by atoms with Gasteiger partial charge in [-0.1, -0.05) is 19.8 Å². The van der Waals surface area contributed by atoms with Crippen molar-refractivity contribution in [2.75, 3.05) is 6.61 Å². The summed E-state index contributed by atoms with van der Waals surface area (Å²) in [7, 11) is 0. The van der Waals surface area contributed by atoms with Gasteiger partial charge in [0.15, 0.2) is 0 Å². The van der Waals surface area contributed by atoms with E-state index < -0.39 is 0 Å². The van der Waals surface area contributed by atoms with Crippen molar-refractivity contribution in [1.29, 1.82) is 0 Å². The largest absolute Gasteiger partial charge is 0.465 e. The maximum atomic E-state index is 11.6. The molecule has 3 atom stereocenters. The fourth-order valence-electron chi connectivity index (χ4n) is 2.86. The molecule has 2 rings (SSSR count). The van der Waals surface area contributed by atoms with Gasteiger partial charge in [0.25, 0.3) is 0 Å². The van der Waals surface area contributed by atoms with Crippen molar-refractivity contribution in [3.63, 3.8) is 0 Å². The van der Waals surface area contributed by atoms with E-state index in [0.717, 1.165) is 5.92 Å². The van der Waals surface area contributed by atoms with E-state index in [4.69, 9.17) is 10.5 Å². The van der Waals surface area contributed by atoms with Crippen LogP contribution in [0.1, 0.15) is 51.9 Å². The molecule has 2 N–H and O–H groups in total. The van der Waals surface area contributed by atoms with Crippen LogP contribution in [0.4, 0.5) is 0 Å². The number of nitrogens with two attached hydrogens (primary N) is 1. The van der Waals surface area contributed by atoms with Gasteiger partial charge in [-0.2, -0.15) is 0 Å². The maximum absolute atomic E-state index is 11.6. The normalized spacial score (nSPS) is 30.9. The van der Waals surface area contributed by atoms with Crippen molar-refractivity contribution in [2.24, 2.45) is 23.5 Å². The molecular weight excluding hydrogens is 214 g/mol. The Balaban J connectivity index is 1.61. The van der Waals surface area contributed by atoms with E-state index >= 15 is 0 Å². The van der Waals surface area contributed by atoms with Gasteiger partial charge < -0.3 is 10.5 Å². The fourth-order valence-corrected chi connectivity index (χ4v) is 2.86. The second-order valence-corrected chi connectivity index (χ2v) is 6.03. The molecule has 2 aliphatic carbocycles. The minimum absolute atomic E-state index is 0.0350. The van der Waals surface area contributed by atoms with Crippen molar-refractivity contribution in [3.8, 4) is 0 Å². The van der Waals surface area contributed by atoms with Crippen LogP contribution in [0.2, 0.25) is 0 Å². The lowest BCUT2D eigenvalue weighted by Gasteiger charge is -2.26. The van der Waals surface area contributed by atoms with E-state index in [1.54, 1.807) is 0 Å². The molecule has 98 valence electrons. The zero-order valence-corrected chi connectivity index (χ0v) is 10.9. The summed E-state index contributed by atoms with van der Waals surface area (Å²) in [4.78, 5) is 11.6. The number of esters is 1. The molecule has 3 unspecified atom stereocenters. The zero-order valence-electron chi connectivity index (χ0n) is 10.9. The molecule has 0 aliphatic heterocycles. The average Bonchev–Trinajstić information content (AvgIpc) is 3.10. The van der Waals surface area contributed by atoms with Gasteiger partial charge in [-0.05, 0) is 43.4 Å². The molecule has 2 fully saturated rings. The Morgan fingerprint density at radius 3 is 2.76 bits per heavy atom. The van der Waals surface area contributed by atoms with Gasteiger partial charge in [-0.15, -0.1) is 0 Å². The van der Waals surface area contributed by atoms with E-state index in [1.165, 1.54) is 38.5 Å². The first-order chi connectivity index (χ1) is 8.15. The van der Waals surface area contributed by atoms with E-state index in [1.807, 2.05) is 0 Å². The molecule has 3 nitrogen and oxygen atoms in total. The Kier molecular flexibility index (Phi) is 4.43. The zero-order chi connectivity index (χ0) is 12.3. The molecule has 0 aromatic carbocycles. The monoisotopic (exact) mass is 239 g/mol. The molecule has 0 saturated heterocycles. The van der Waals surface area contributed by atoms with Gasteiger partial charge >= 0.3 is 5.97 Å². The number of ether oxygens (including phenoxy) is 1. The third kappa shape index (κ3) is 4.30. The molecule has 0 radical (unpaired) electrons. The molecule has 2 saturated carbocycles. The molecule has 0 heterocycles. The van der Waals surface area contributed by atoms with Crippen molar-refractivity contribution in [3.05, 3.63) is 0 Å². The van der Waals surface area contributed by atoms with Gasteiger partial charge in [0.1, 0.15) is 0 Å². The highest BCUT2D eigenvalue weighted by molar-refractivity contribution is 5.70. The van der Waals surface area contributed by atoms with Crippen LogP contribution in [-0.2, 0) is 9.53 Å². The predicted molar refractivity (Wildman–Crippen MR) is 67.4 cm³/mol. The Hall–Kier alpha value is -0.570. The van der Waals surface area contributed by atoms with Crippen LogP contribution in [0.3, 0.4) is 0 Å². The van der Waals surface area contributed by atoms with Crippen molar-refractivity contribution in [1.82, 2.24) is 0 Å². The van der Waals surface area contributed by atoms with Crippen molar-refractivity contribution >= 4 is 5.97 Å². The smallest absolute Gasteiger partial charge is 0.307 e. The summed E-state index contributed by atoms with van der Waals surface area (Å²) in [5.41, 5.74) is 5.91. The first-order valence-corrected chi connectivity index (χ1v) is 7.06. The highest BCUT2D eigenvalue weighted by Crippen LogP contribution is 2.33. The minimum Gasteiger partial charge on any atom is -0.465 e. The highest BCUT2D eigenvalue weighted by Gasteiger charge is 2.30. The summed E-state index contributed by atoms with van der Waals surface area (Å²) < 4.78 is 5.36. The van der Waals surface area contributed by atoms with Gasteiger partial charge in [-0.25, -0.2) is 0 Å². The van der Waals surface area contributed by atoms with Crippen LogP contribution >= 0.6 is 0 Å². The number of carbonyl (C=O) groups excluding carboxylic acids is 1. The number of hydrogen-bond acceptors (Lipinski definition) is 3. The molecule has 2 aliphatic rings. The average molecular weight is 239 g/mol. The van der Waals surface area contributed by atoms with Crippen LogP contribution in [0.15, 0.2) is 0 Å². The first kappa shape index (κ1) is 12.9. The van der Waals surface area contributed by atoms with Crippen LogP contribution in [0, 0.1) is 17.8 Å². The lowest BCUT2D eigenvalue weighted by molar-refractivity contribution is -0.146. The molecule has 0 spiro atoms. The second-order valence-electron chi connectivity index (χ2n) is 6.03. The van der Waals surface area contributed by atoms with Gasteiger partial charge in [0.05, 0.1) is 13.0 Å². The highest BCUT2D eigenvalue weighted by atomic mass is 16.5. The first-order valence-electron chi connectivity index (χ1n) is 7.06. The molecular formula is C14H25NO2. The van der Waals surface area contributed by atoms with Gasteiger partial charge in [-0.3, -0.25) is 4.79 Å². The third-order valence-electron chi connectivity index (χ3n) is 4.15. The summed E-state index contributed by atoms with van der Waals surface area (Å²) in [5, 5.41) is 0. The van der Waals surface area contributed by atoms with Crippen LogP contribution in [0.5, 0.6) is 0 Å². The van der Waals surface area contributed by atoms with Gasteiger partial charge in [0.2, 0.25) is 0 Å². The number of hydrogen-bond donors (Lipinski definition) is 1. The molecule has 17 heavy (non-hydrogen) atoms. The van der Waals surface area contributed by atoms with Crippen molar-refractivity contribution in [2.45, 2.75) is 57.9 Å². The SMILES string of the molecule is CC1CCCC(COC(=O)CC(N)C2CC2)C1. The van der Waals surface area contributed by atoms with Crippen LogP contribution in [0.25, 0.3) is 0 Å². The number of carbonyl (C=O) groups is 1. The summed E-state index contributed by atoms with van der Waals surface area (Å²) in [6.45, 7) is 2.90. The minimum atomic E-state index is -0.0948. The molecule has 3 heteroatoms. The Labute approximate surface area is 104 Å². The Morgan fingerprint density at radius 1 is 1.35 bits per heavy atom. The Bertz CT molecular complexity index is 263. The molecule has 0 amide bonds. The molecule has 0 bridgehead atoms. The summed E-state index contributed by atoms with van der Waals surface area (Å²) in [5.74, 6) is 1.86. The molecule has 0 aromatic heterocycles. The summed E-state index contributed by atoms with van der Waals surface area (Å²) in [6, 6.07) is 0.0350. The maximum Gasteiger partial charge on any atom is 0.307 e.